The lowest BCUT2D eigenvalue weighted by molar-refractivity contribution is -0.296. The Morgan fingerprint density at radius 2 is 2.36 bits per heavy atom. The first-order valence-electron chi connectivity index (χ1n) is 7.59. The molecule has 1 aromatic rings. The number of carboxylic acid groups (broad SMARTS) is 1. The molecule has 2 heterocycles. The maximum atomic E-state index is 10.4. The molecule has 0 saturated carbocycles. The summed E-state index contributed by atoms with van der Waals surface area (Å²) in [6.07, 6.45) is 8.99. The lowest BCUT2D eigenvalue weighted by atomic mass is 9.91. The molecule has 5 nitrogen and oxygen atoms in total. The summed E-state index contributed by atoms with van der Waals surface area (Å²) in [6, 6.07) is 3.93. The third kappa shape index (κ3) is 4.93. The van der Waals surface area contributed by atoms with Crippen LogP contribution in [0.2, 0.25) is 0 Å². The molecule has 0 aliphatic carbocycles. The van der Waals surface area contributed by atoms with Crippen molar-refractivity contribution in [2.45, 2.75) is 45.0 Å². The van der Waals surface area contributed by atoms with Crippen molar-refractivity contribution in [2.24, 2.45) is 5.92 Å². The van der Waals surface area contributed by atoms with Crippen LogP contribution in [-0.4, -0.2) is 28.5 Å². The molecule has 1 aliphatic rings. The van der Waals surface area contributed by atoms with Crippen molar-refractivity contribution in [3.63, 3.8) is 0 Å². The molecule has 0 radical (unpaired) electrons. The average Bonchev–Trinajstić information content (AvgIpc) is 2.48. The van der Waals surface area contributed by atoms with E-state index in [1.54, 1.807) is 12.3 Å². The molecule has 2 rings (SSSR count). The van der Waals surface area contributed by atoms with E-state index in [0.29, 0.717) is 6.61 Å². The second kappa shape index (κ2) is 7.51. The van der Waals surface area contributed by atoms with Gasteiger partial charge in [0.2, 0.25) is 0 Å². The summed E-state index contributed by atoms with van der Waals surface area (Å²) in [4.78, 5) is 14.6. The van der Waals surface area contributed by atoms with Crippen LogP contribution in [0.5, 0.6) is 0 Å². The van der Waals surface area contributed by atoms with Gasteiger partial charge in [0.25, 0.3) is 0 Å². The van der Waals surface area contributed by atoms with Crippen molar-refractivity contribution in [3.05, 3.63) is 42.2 Å². The van der Waals surface area contributed by atoms with Crippen molar-refractivity contribution >= 4 is 5.97 Å². The molecular formula is C17H23NO4. The van der Waals surface area contributed by atoms with E-state index in [0.717, 1.165) is 24.8 Å². The van der Waals surface area contributed by atoms with Crippen LogP contribution >= 0.6 is 0 Å². The minimum absolute atomic E-state index is 0.0408. The largest absolute Gasteiger partial charge is 0.478 e. The number of allylic oxidation sites excluding steroid dienone is 1. The number of nitrogens with zero attached hydrogens (tertiary/aromatic N) is 1. The van der Waals surface area contributed by atoms with Crippen LogP contribution in [0.25, 0.3) is 0 Å². The van der Waals surface area contributed by atoms with Crippen molar-refractivity contribution in [3.8, 4) is 0 Å². The lowest BCUT2D eigenvalue weighted by Crippen LogP contribution is -2.41. The molecular weight excluding hydrogens is 282 g/mol. The van der Waals surface area contributed by atoms with Gasteiger partial charge in [-0.15, -0.1) is 0 Å². The minimum Gasteiger partial charge on any atom is -0.478 e. The molecule has 22 heavy (non-hydrogen) atoms. The molecule has 1 aliphatic heterocycles. The first-order chi connectivity index (χ1) is 10.5. The SMILES string of the molecule is CC1(C)OC[C@@H](CCC/C=C\C(=O)O)[C@@H](c2cccnc2)O1. The van der Waals surface area contributed by atoms with Crippen molar-refractivity contribution in [2.75, 3.05) is 6.61 Å². The zero-order valence-corrected chi connectivity index (χ0v) is 13.1. The lowest BCUT2D eigenvalue weighted by Gasteiger charge is -2.41. The average molecular weight is 305 g/mol. The van der Waals surface area contributed by atoms with Gasteiger partial charge in [-0.2, -0.15) is 0 Å². The Labute approximate surface area is 131 Å². The van der Waals surface area contributed by atoms with Gasteiger partial charge in [-0.05, 0) is 44.7 Å². The number of hydrogen-bond acceptors (Lipinski definition) is 4. The summed E-state index contributed by atoms with van der Waals surface area (Å²) in [5.74, 6) is -1.25. The highest BCUT2D eigenvalue weighted by Crippen LogP contribution is 2.38. The number of hydrogen-bond donors (Lipinski definition) is 1. The highest BCUT2D eigenvalue weighted by atomic mass is 16.7. The maximum Gasteiger partial charge on any atom is 0.327 e. The smallest absolute Gasteiger partial charge is 0.327 e. The van der Waals surface area contributed by atoms with Gasteiger partial charge >= 0.3 is 5.97 Å². The number of aliphatic carboxylic acids is 1. The van der Waals surface area contributed by atoms with Gasteiger partial charge in [-0.1, -0.05) is 12.1 Å². The molecule has 1 fully saturated rings. The van der Waals surface area contributed by atoms with E-state index < -0.39 is 11.8 Å². The highest BCUT2D eigenvalue weighted by Gasteiger charge is 2.37. The summed E-state index contributed by atoms with van der Waals surface area (Å²) in [5, 5.41) is 8.58. The molecule has 1 N–H and O–H groups in total. The van der Waals surface area contributed by atoms with Crippen LogP contribution in [0, 0.1) is 5.92 Å². The Morgan fingerprint density at radius 1 is 1.55 bits per heavy atom. The number of pyridine rings is 1. The van der Waals surface area contributed by atoms with Crippen LogP contribution in [0.3, 0.4) is 0 Å². The third-order valence-corrected chi connectivity index (χ3v) is 3.70. The topological polar surface area (TPSA) is 68.7 Å². The quantitative estimate of drug-likeness (QED) is 0.645. The molecule has 5 heteroatoms. The second-order valence-electron chi connectivity index (χ2n) is 5.97. The molecule has 0 unspecified atom stereocenters. The van der Waals surface area contributed by atoms with Crippen molar-refractivity contribution in [1.29, 1.82) is 0 Å². The second-order valence-corrected chi connectivity index (χ2v) is 5.97. The zero-order valence-electron chi connectivity index (χ0n) is 13.1. The summed E-state index contributed by atoms with van der Waals surface area (Å²) in [5.41, 5.74) is 1.06. The predicted octanol–water partition coefficient (Wildman–Crippen LogP) is 3.33. The number of ether oxygens (including phenoxy) is 2. The van der Waals surface area contributed by atoms with Crippen LogP contribution in [0.4, 0.5) is 0 Å². The Hall–Kier alpha value is -1.72. The van der Waals surface area contributed by atoms with Crippen molar-refractivity contribution < 1.29 is 19.4 Å². The van der Waals surface area contributed by atoms with Crippen LogP contribution < -0.4 is 0 Å². The fraction of sp³-hybridized carbons (Fsp3) is 0.529. The van der Waals surface area contributed by atoms with Crippen LogP contribution in [0.1, 0.15) is 44.8 Å². The zero-order chi connectivity index (χ0) is 16.0. The molecule has 0 spiro atoms. The van der Waals surface area contributed by atoms with Gasteiger partial charge < -0.3 is 14.6 Å². The van der Waals surface area contributed by atoms with Crippen molar-refractivity contribution in [1.82, 2.24) is 4.98 Å². The molecule has 1 saturated heterocycles. The van der Waals surface area contributed by atoms with Gasteiger partial charge in [0.05, 0.1) is 12.7 Å². The summed E-state index contributed by atoms with van der Waals surface area (Å²) in [7, 11) is 0. The maximum absolute atomic E-state index is 10.4. The van der Waals surface area contributed by atoms with Gasteiger partial charge in [-0.25, -0.2) is 4.79 Å². The standard InChI is InChI=1S/C17H23NO4/c1-17(2)21-12-14(7-4-3-5-9-15(19)20)16(22-17)13-8-6-10-18-11-13/h5-6,8-11,14,16H,3-4,7,12H2,1-2H3,(H,19,20)/b9-5-/t14-,16-/m1/s1. The molecule has 0 bridgehead atoms. The number of aromatic nitrogens is 1. The van der Waals surface area contributed by atoms with E-state index in [2.05, 4.69) is 4.98 Å². The summed E-state index contributed by atoms with van der Waals surface area (Å²) < 4.78 is 11.9. The number of carboxylic acids is 1. The van der Waals surface area contributed by atoms with E-state index in [4.69, 9.17) is 14.6 Å². The molecule has 2 atom stereocenters. The monoisotopic (exact) mass is 305 g/mol. The van der Waals surface area contributed by atoms with E-state index in [-0.39, 0.29) is 12.0 Å². The molecule has 1 aromatic heterocycles. The van der Waals surface area contributed by atoms with E-state index in [9.17, 15) is 4.79 Å². The molecule has 120 valence electrons. The highest BCUT2D eigenvalue weighted by molar-refractivity contribution is 5.79. The number of carbonyl (C=O) groups is 1. The molecule has 0 aromatic carbocycles. The third-order valence-electron chi connectivity index (χ3n) is 3.70. The van der Waals surface area contributed by atoms with Crippen LogP contribution in [0.15, 0.2) is 36.7 Å². The Balaban J connectivity index is 1.97. The Morgan fingerprint density at radius 3 is 3.05 bits per heavy atom. The Kier molecular flexibility index (Phi) is 5.69. The predicted molar refractivity (Wildman–Crippen MR) is 82.2 cm³/mol. The number of unbranched alkanes of at least 4 members (excludes halogenated alkanes) is 1. The first kappa shape index (κ1) is 16.6. The summed E-state index contributed by atoms with van der Waals surface area (Å²) in [6.45, 7) is 4.47. The van der Waals surface area contributed by atoms with Crippen LogP contribution in [-0.2, 0) is 14.3 Å². The Bertz CT molecular complexity index is 513. The van der Waals surface area contributed by atoms with Gasteiger partial charge in [-0.3, -0.25) is 4.98 Å². The minimum atomic E-state index is -0.903. The fourth-order valence-electron chi connectivity index (χ4n) is 2.63. The molecule has 0 amide bonds. The normalized spacial score (nSPS) is 24.5. The van der Waals surface area contributed by atoms with Gasteiger partial charge in [0, 0.05) is 24.4 Å². The van der Waals surface area contributed by atoms with E-state index in [1.807, 2.05) is 32.2 Å². The number of rotatable bonds is 6. The van der Waals surface area contributed by atoms with E-state index >= 15 is 0 Å². The fourth-order valence-corrected chi connectivity index (χ4v) is 2.63. The van der Waals surface area contributed by atoms with Gasteiger partial charge in [0.1, 0.15) is 0 Å². The van der Waals surface area contributed by atoms with Gasteiger partial charge in [0.15, 0.2) is 5.79 Å². The first-order valence-corrected chi connectivity index (χ1v) is 7.59. The van der Waals surface area contributed by atoms with E-state index in [1.165, 1.54) is 6.08 Å². The summed E-state index contributed by atoms with van der Waals surface area (Å²) >= 11 is 0.